The number of thiocarbonyl (C=S) groups is 1. The highest BCUT2D eigenvalue weighted by atomic mass is 32.1. The maximum atomic E-state index is 14.9. The first-order valence-electron chi connectivity index (χ1n) is 11.1. The van der Waals surface area contributed by atoms with Gasteiger partial charge in [0.2, 0.25) is 0 Å². The average Bonchev–Trinajstić information content (AvgIpc) is 2.86. The monoisotopic (exact) mass is 504 g/mol. The first kappa shape index (κ1) is 26.2. The van der Waals surface area contributed by atoms with Crippen LogP contribution in [0.25, 0.3) is 0 Å². The molecular weight excluding hydrogens is 474 g/mol. The normalized spacial score (nSPS) is 14.0. The molecule has 2 aromatic rings. The van der Waals surface area contributed by atoms with Gasteiger partial charge in [-0.2, -0.15) is 0 Å². The van der Waals surface area contributed by atoms with Crippen molar-refractivity contribution in [2.24, 2.45) is 5.73 Å². The van der Waals surface area contributed by atoms with Crippen LogP contribution in [0.1, 0.15) is 15.9 Å². The van der Waals surface area contributed by atoms with E-state index in [9.17, 15) is 13.6 Å². The lowest BCUT2D eigenvalue weighted by Crippen LogP contribution is -2.49. The molecule has 1 heterocycles. The van der Waals surface area contributed by atoms with Gasteiger partial charge in [-0.15, -0.1) is 0 Å². The van der Waals surface area contributed by atoms with Crippen LogP contribution in [0.4, 0.5) is 20.2 Å². The molecule has 1 aliphatic heterocycles. The van der Waals surface area contributed by atoms with Gasteiger partial charge in [-0.25, -0.2) is 8.78 Å². The minimum atomic E-state index is -0.697. The molecule has 0 unspecified atom stereocenters. The average molecular weight is 505 g/mol. The number of ether oxygens (including phenoxy) is 1. The Balaban J connectivity index is 1.61. The number of carbonyl (C=O) groups excluding carboxylic acids is 1. The Kier molecular flexibility index (Phi) is 9.21. The van der Waals surface area contributed by atoms with Crippen molar-refractivity contribution >= 4 is 34.7 Å². The molecule has 5 N–H and O–H groups in total. The number of benzene rings is 2. The number of anilines is 2. The fourth-order valence-corrected chi connectivity index (χ4v) is 3.83. The molecule has 0 atom stereocenters. The summed E-state index contributed by atoms with van der Waals surface area (Å²) in [5.41, 5.74) is 7.93. The standard InChI is InChI=1S/C24H30F2N6O2S/c1-28-13-16-4-3-5-17(10-16)23(33)32-8-6-31(7-9-32)22-20(25)11-19(12-21(22)26)29-14-18(27)15-30-24(35)34-2/h3-5,10-12,14,28-29H,6-9,13,15,27H2,1-2H3,(H,30,35)/b18-14-. The first-order valence-corrected chi connectivity index (χ1v) is 11.5. The van der Waals surface area contributed by atoms with Gasteiger partial charge in [-0.3, -0.25) is 4.79 Å². The largest absolute Gasteiger partial charge is 0.474 e. The fourth-order valence-electron chi connectivity index (χ4n) is 3.76. The molecule has 2 aromatic carbocycles. The second-order valence-corrected chi connectivity index (χ2v) is 8.38. The van der Waals surface area contributed by atoms with Crippen molar-refractivity contribution in [2.45, 2.75) is 6.54 Å². The number of nitrogens with two attached hydrogens (primary N) is 1. The molecule has 3 rings (SSSR count). The van der Waals surface area contributed by atoms with Gasteiger partial charge in [0.05, 0.1) is 13.7 Å². The Bertz CT molecular complexity index is 1070. The Labute approximate surface area is 209 Å². The van der Waals surface area contributed by atoms with E-state index in [1.165, 1.54) is 25.4 Å². The Morgan fingerprint density at radius 1 is 1.17 bits per heavy atom. The smallest absolute Gasteiger partial charge is 0.256 e. The predicted molar refractivity (Wildman–Crippen MR) is 137 cm³/mol. The maximum absolute atomic E-state index is 14.9. The third-order valence-corrected chi connectivity index (χ3v) is 5.81. The van der Waals surface area contributed by atoms with Gasteiger partial charge in [-0.1, -0.05) is 12.1 Å². The second-order valence-electron chi connectivity index (χ2n) is 8.01. The van der Waals surface area contributed by atoms with E-state index in [1.807, 2.05) is 25.2 Å². The summed E-state index contributed by atoms with van der Waals surface area (Å²) < 4.78 is 34.5. The zero-order valence-electron chi connectivity index (χ0n) is 19.7. The van der Waals surface area contributed by atoms with Crippen LogP contribution in [-0.4, -0.2) is 62.9 Å². The third-order valence-electron chi connectivity index (χ3n) is 5.50. The molecule has 0 bridgehead atoms. The highest BCUT2D eigenvalue weighted by Crippen LogP contribution is 2.28. The van der Waals surface area contributed by atoms with E-state index in [4.69, 9.17) is 22.7 Å². The van der Waals surface area contributed by atoms with Crippen molar-refractivity contribution in [1.82, 2.24) is 15.5 Å². The zero-order valence-corrected chi connectivity index (χ0v) is 20.6. The number of halogens is 2. The lowest BCUT2D eigenvalue weighted by molar-refractivity contribution is 0.0746. The molecule has 0 aliphatic carbocycles. The third kappa shape index (κ3) is 7.03. The maximum Gasteiger partial charge on any atom is 0.256 e. The van der Waals surface area contributed by atoms with Crippen molar-refractivity contribution < 1.29 is 18.3 Å². The van der Waals surface area contributed by atoms with E-state index in [0.717, 1.165) is 5.56 Å². The minimum Gasteiger partial charge on any atom is -0.474 e. The number of hydrogen-bond donors (Lipinski definition) is 4. The van der Waals surface area contributed by atoms with Crippen molar-refractivity contribution in [3.05, 3.63) is 71.1 Å². The van der Waals surface area contributed by atoms with Crippen molar-refractivity contribution in [1.29, 1.82) is 0 Å². The number of carbonyl (C=O) groups is 1. The van der Waals surface area contributed by atoms with E-state index in [-0.39, 0.29) is 29.0 Å². The van der Waals surface area contributed by atoms with Gasteiger partial charge in [0.1, 0.15) is 5.69 Å². The Morgan fingerprint density at radius 3 is 2.49 bits per heavy atom. The minimum absolute atomic E-state index is 0.0896. The summed E-state index contributed by atoms with van der Waals surface area (Å²) in [4.78, 5) is 16.2. The molecular formula is C24H30F2N6O2S. The second kappa shape index (κ2) is 12.3. The van der Waals surface area contributed by atoms with Crippen LogP contribution in [0.2, 0.25) is 0 Å². The van der Waals surface area contributed by atoms with Crippen molar-refractivity contribution in [3.8, 4) is 0 Å². The lowest BCUT2D eigenvalue weighted by Gasteiger charge is -2.36. The number of nitrogens with one attached hydrogen (secondary N) is 3. The molecule has 1 saturated heterocycles. The number of piperazine rings is 1. The van der Waals surface area contributed by atoms with Crippen LogP contribution in [0.3, 0.4) is 0 Å². The SMILES string of the molecule is CNCc1cccc(C(=O)N2CCN(c3c(F)cc(N/C=C(\N)CNC(=S)OC)cc3F)CC2)c1. The molecule has 35 heavy (non-hydrogen) atoms. The quantitative estimate of drug-likeness (QED) is 0.407. The molecule has 0 aromatic heterocycles. The van der Waals surface area contributed by atoms with Crippen LogP contribution < -0.4 is 26.6 Å². The van der Waals surface area contributed by atoms with Gasteiger partial charge < -0.3 is 36.2 Å². The molecule has 1 amide bonds. The summed E-state index contributed by atoms with van der Waals surface area (Å²) in [6.07, 6.45) is 1.43. The lowest BCUT2D eigenvalue weighted by atomic mass is 10.1. The van der Waals surface area contributed by atoms with E-state index in [1.54, 1.807) is 15.9 Å². The van der Waals surface area contributed by atoms with Gasteiger partial charge in [-0.05, 0) is 49.1 Å². The molecule has 1 aliphatic rings. The summed E-state index contributed by atoms with van der Waals surface area (Å²) >= 11 is 4.86. The number of nitrogens with zero attached hydrogens (tertiary/aromatic N) is 2. The first-order chi connectivity index (χ1) is 16.8. The highest BCUT2D eigenvalue weighted by Gasteiger charge is 2.26. The van der Waals surface area contributed by atoms with Gasteiger partial charge in [0.25, 0.3) is 11.1 Å². The molecule has 0 saturated carbocycles. The van der Waals surface area contributed by atoms with Crippen LogP contribution in [0.15, 0.2) is 48.3 Å². The van der Waals surface area contributed by atoms with Crippen LogP contribution in [0.5, 0.6) is 0 Å². The molecule has 188 valence electrons. The van der Waals surface area contributed by atoms with Crippen LogP contribution >= 0.6 is 12.2 Å². The highest BCUT2D eigenvalue weighted by molar-refractivity contribution is 7.80. The summed E-state index contributed by atoms with van der Waals surface area (Å²) in [6, 6.07) is 9.86. The number of hydrogen-bond acceptors (Lipinski definition) is 7. The van der Waals surface area contributed by atoms with Crippen LogP contribution in [0, 0.1) is 11.6 Å². The molecule has 1 fully saturated rings. The van der Waals surface area contributed by atoms with E-state index in [2.05, 4.69) is 16.0 Å². The zero-order chi connectivity index (χ0) is 25.4. The van der Waals surface area contributed by atoms with Gasteiger partial charge in [0.15, 0.2) is 11.6 Å². The van der Waals surface area contributed by atoms with E-state index >= 15 is 0 Å². The summed E-state index contributed by atoms with van der Waals surface area (Å²) in [6.45, 7) is 2.25. The predicted octanol–water partition coefficient (Wildman–Crippen LogP) is 2.38. The van der Waals surface area contributed by atoms with Gasteiger partial charge >= 0.3 is 0 Å². The summed E-state index contributed by atoms with van der Waals surface area (Å²) in [5.74, 6) is -1.48. The van der Waals surface area contributed by atoms with Gasteiger partial charge in [0, 0.05) is 55.9 Å². The number of amides is 1. The molecule has 11 heteroatoms. The van der Waals surface area contributed by atoms with Crippen molar-refractivity contribution in [3.63, 3.8) is 0 Å². The topological polar surface area (TPSA) is 94.9 Å². The Hall–Kier alpha value is -3.44. The molecule has 0 radical (unpaired) electrons. The number of methoxy groups -OCH3 is 1. The molecule has 0 spiro atoms. The van der Waals surface area contributed by atoms with E-state index in [0.29, 0.717) is 44.0 Å². The number of rotatable bonds is 8. The summed E-state index contributed by atoms with van der Waals surface area (Å²) in [5, 5.41) is 8.80. The Morgan fingerprint density at radius 2 is 1.86 bits per heavy atom. The van der Waals surface area contributed by atoms with Crippen LogP contribution in [-0.2, 0) is 11.3 Å². The summed E-state index contributed by atoms with van der Waals surface area (Å²) in [7, 11) is 3.28. The van der Waals surface area contributed by atoms with Crippen molar-refractivity contribution in [2.75, 3.05) is 57.1 Å². The van der Waals surface area contributed by atoms with E-state index < -0.39 is 11.6 Å². The fraction of sp³-hybridized carbons (Fsp3) is 0.333. The molecule has 8 nitrogen and oxygen atoms in total.